The van der Waals surface area contributed by atoms with Gasteiger partial charge < -0.3 is 20.9 Å². The summed E-state index contributed by atoms with van der Waals surface area (Å²) in [5.74, 6) is -2.70. The number of nitrogens with one attached hydrogen (secondary N) is 2. The fourth-order valence-electron chi connectivity index (χ4n) is 2.68. The van der Waals surface area contributed by atoms with Gasteiger partial charge in [0.15, 0.2) is 0 Å². The molecule has 0 heterocycles. The zero-order chi connectivity index (χ0) is 22.6. The van der Waals surface area contributed by atoms with Gasteiger partial charge in [-0.25, -0.2) is 4.79 Å². The Morgan fingerprint density at radius 2 is 1.55 bits per heavy atom. The fourth-order valence-corrected chi connectivity index (χ4v) is 2.68. The molecular weight excluding hydrogens is 400 g/mol. The summed E-state index contributed by atoms with van der Waals surface area (Å²) < 4.78 is 5.17. The van der Waals surface area contributed by atoms with Crippen molar-refractivity contribution in [1.82, 2.24) is 10.6 Å². The van der Waals surface area contributed by atoms with Gasteiger partial charge in [-0.2, -0.15) is 4.79 Å². The van der Waals surface area contributed by atoms with Gasteiger partial charge in [0.25, 0.3) is 0 Å². The van der Waals surface area contributed by atoms with Gasteiger partial charge in [-0.05, 0) is 18.1 Å². The molecule has 2 aromatic carbocycles. The number of carbonyl (C=O) groups is 4. The first-order chi connectivity index (χ1) is 14.9. The molecule has 9 heteroatoms. The van der Waals surface area contributed by atoms with Gasteiger partial charge in [0, 0.05) is 6.42 Å². The molecule has 0 saturated carbocycles. The summed E-state index contributed by atoms with van der Waals surface area (Å²) in [4.78, 5) is 51.0. The third kappa shape index (κ3) is 7.68. The molecule has 9 nitrogen and oxygen atoms in total. The summed E-state index contributed by atoms with van der Waals surface area (Å²) in [6.07, 6.45) is -0.214. The number of carbonyl (C=O) groups excluding carboxylic acids is 4. The average Bonchev–Trinajstić information content (AvgIpc) is 2.78. The highest BCUT2D eigenvalue weighted by Gasteiger charge is 2.28. The second-order valence-electron chi connectivity index (χ2n) is 6.65. The van der Waals surface area contributed by atoms with Crippen LogP contribution in [0.4, 0.5) is 4.79 Å². The van der Waals surface area contributed by atoms with Gasteiger partial charge in [0.1, 0.15) is 12.6 Å². The maximum atomic E-state index is 12.7. The minimum Gasteiger partial charge on any atom is -0.445 e. The van der Waals surface area contributed by atoms with Crippen LogP contribution in [-0.2, 0) is 32.1 Å². The predicted octanol–water partition coefficient (Wildman–Crippen LogP) is 1.47. The topological polar surface area (TPSA) is 138 Å². The van der Waals surface area contributed by atoms with Gasteiger partial charge in [-0.1, -0.05) is 60.7 Å². The molecule has 0 aliphatic heterocycles. The van der Waals surface area contributed by atoms with E-state index in [0.717, 1.165) is 11.1 Å². The molecule has 0 aliphatic rings. The smallest absolute Gasteiger partial charge is 0.408 e. The number of rotatable bonds is 10. The third-order valence-electron chi connectivity index (χ3n) is 4.27. The Morgan fingerprint density at radius 3 is 2.13 bits per heavy atom. The van der Waals surface area contributed by atoms with Crippen molar-refractivity contribution in [2.45, 2.75) is 32.0 Å². The summed E-state index contributed by atoms with van der Waals surface area (Å²) in [6.45, 7) is 1.34. The first kappa shape index (κ1) is 23.2. The minimum atomic E-state index is -1.18. The van der Waals surface area contributed by atoms with E-state index in [9.17, 15) is 19.2 Å². The summed E-state index contributed by atoms with van der Waals surface area (Å²) in [5, 5.41) is 4.89. The first-order valence-electron chi connectivity index (χ1n) is 9.47. The van der Waals surface area contributed by atoms with Crippen molar-refractivity contribution >= 4 is 29.8 Å². The van der Waals surface area contributed by atoms with Crippen LogP contribution in [0.3, 0.4) is 0 Å². The van der Waals surface area contributed by atoms with E-state index in [0.29, 0.717) is 6.21 Å². The number of hydrogen-bond donors (Lipinski definition) is 2. The molecule has 160 valence electrons. The van der Waals surface area contributed by atoms with E-state index in [4.69, 9.17) is 10.3 Å². The zero-order valence-electron chi connectivity index (χ0n) is 16.9. The van der Waals surface area contributed by atoms with Crippen LogP contribution >= 0.6 is 0 Å². The molecule has 2 rings (SSSR count). The van der Waals surface area contributed by atoms with E-state index in [-0.39, 0.29) is 13.0 Å². The number of amides is 2. The van der Waals surface area contributed by atoms with Gasteiger partial charge in [-0.15, -0.1) is 0 Å². The SMILES string of the molecule is C[C@@H](NC(=O)[C@H](Cc1ccccc1)NC(=O)OCc1ccccc1)C(=O)C(=O)C=[N+]=[N-]. The molecule has 31 heavy (non-hydrogen) atoms. The molecule has 2 aromatic rings. The summed E-state index contributed by atoms with van der Waals surface area (Å²) in [6, 6.07) is 15.8. The standard InChI is InChI=1S/C22H22N4O5/c1-15(20(28)19(27)13-24-23)25-21(29)18(12-16-8-4-2-5-9-16)26-22(30)31-14-17-10-6-3-7-11-17/h2-11,13,15,18H,12,14H2,1H3,(H,25,29)(H,26,30)/t15-,18+/m1/s1. The normalized spacial score (nSPS) is 11.9. The molecule has 2 N–H and O–H groups in total. The van der Waals surface area contributed by atoms with Crippen LogP contribution < -0.4 is 10.6 Å². The third-order valence-corrected chi connectivity index (χ3v) is 4.27. The Morgan fingerprint density at radius 1 is 0.968 bits per heavy atom. The van der Waals surface area contributed by atoms with E-state index < -0.39 is 35.7 Å². The number of Topliss-reactive ketones (excluding diaryl/α,β-unsaturated/α-hetero) is 2. The number of ether oxygens (including phenoxy) is 1. The number of nitrogens with zero attached hydrogens (tertiary/aromatic N) is 2. The van der Waals surface area contributed by atoms with Crippen molar-refractivity contribution in [1.29, 1.82) is 0 Å². The zero-order valence-corrected chi connectivity index (χ0v) is 16.9. The Balaban J connectivity index is 2.05. The van der Waals surface area contributed by atoms with Crippen molar-refractivity contribution in [3.8, 4) is 0 Å². The lowest BCUT2D eigenvalue weighted by Crippen LogP contribution is -2.52. The predicted molar refractivity (Wildman–Crippen MR) is 111 cm³/mol. The van der Waals surface area contributed by atoms with Crippen LogP contribution in [0.2, 0.25) is 0 Å². The van der Waals surface area contributed by atoms with Gasteiger partial charge in [0.2, 0.25) is 11.7 Å². The number of ketones is 2. The molecule has 2 atom stereocenters. The van der Waals surface area contributed by atoms with E-state index in [1.165, 1.54) is 6.92 Å². The second kappa shape index (κ2) is 11.8. The molecular formula is C22H22N4O5. The minimum absolute atomic E-state index is 0.0240. The van der Waals surface area contributed by atoms with E-state index in [2.05, 4.69) is 15.4 Å². The summed E-state index contributed by atoms with van der Waals surface area (Å²) in [7, 11) is 0. The summed E-state index contributed by atoms with van der Waals surface area (Å²) in [5.41, 5.74) is 9.94. The van der Waals surface area contributed by atoms with Crippen LogP contribution in [0, 0.1) is 0 Å². The van der Waals surface area contributed by atoms with Crippen LogP contribution in [0.5, 0.6) is 0 Å². The van der Waals surface area contributed by atoms with Crippen LogP contribution in [-0.4, -0.2) is 46.7 Å². The monoisotopic (exact) mass is 422 g/mol. The number of alkyl carbamates (subject to hydrolysis) is 1. The molecule has 0 spiro atoms. The molecule has 0 aliphatic carbocycles. The molecule has 0 fully saturated rings. The van der Waals surface area contributed by atoms with Gasteiger partial charge in [0.05, 0.1) is 6.04 Å². The maximum Gasteiger partial charge on any atom is 0.408 e. The fraction of sp³-hybridized carbons (Fsp3) is 0.227. The van der Waals surface area contributed by atoms with Crippen molar-refractivity contribution in [2.75, 3.05) is 0 Å². The van der Waals surface area contributed by atoms with Crippen LogP contribution in [0.25, 0.3) is 5.53 Å². The Hall–Kier alpha value is -4.10. The lowest BCUT2D eigenvalue weighted by molar-refractivity contribution is -0.136. The maximum absolute atomic E-state index is 12.7. The molecule has 0 aromatic heterocycles. The highest BCUT2D eigenvalue weighted by Crippen LogP contribution is 2.06. The highest BCUT2D eigenvalue weighted by molar-refractivity contribution is 6.59. The van der Waals surface area contributed by atoms with Crippen molar-refractivity contribution in [3.63, 3.8) is 0 Å². The molecule has 0 unspecified atom stereocenters. The van der Waals surface area contributed by atoms with Crippen molar-refractivity contribution in [3.05, 3.63) is 77.3 Å². The second-order valence-corrected chi connectivity index (χ2v) is 6.65. The number of benzene rings is 2. The summed E-state index contributed by atoms with van der Waals surface area (Å²) >= 11 is 0. The quantitative estimate of drug-likeness (QED) is 0.258. The van der Waals surface area contributed by atoms with Crippen molar-refractivity contribution in [2.24, 2.45) is 0 Å². The highest BCUT2D eigenvalue weighted by atomic mass is 16.5. The number of hydrogen-bond acceptors (Lipinski definition) is 5. The van der Waals surface area contributed by atoms with E-state index in [1.54, 1.807) is 36.4 Å². The van der Waals surface area contributed by atoms with Gasteiger partial charge in [-0.3, -0.25) is 14.4 Å². The van der Waals surface area contributed by atoms with Crippen molar-refractivity contribution < 1.29 is 28.7 Å². The lowest BCUT2D eigenvalue weighted by Gasteiger charge is -2.20. The van der Waals surface area contributed by atoms with E-state index in [1.807, 2.05) is 24.3 Å². The average molecular weight is 422 g/mol. The van der Waals surface area contributed by atoms with Gasteiger partial charge >= 0.3 is 18.1 Å². The molecule has 0 saturated heterocycles. The van der Waals surface area contributed by atoms with Crippen LogP contribution in [0.1, 0.15) is 18.1 Å². The molecule has 0 bridgehead atoms. The molecule has 0 radical (unpaired) electrons. The first-order valence-corrected chi connectivity index (χ1v) is 9.47. The molecule has 2 amide bonds. The Bertz CT molecular complexity index is 972. The van der Waals surface area contributed by atoms with E-state index >= 15 is 0 Å². The largest absolute Gasteiger partial charge is 0.445 e. The van der Waals surface area contributed by atoms with Crippen LogP contribution in [0.15, 0.2) is 60.7 Å². The lowest BCUT2D eigenvalue weighted by atomic mass is 10.0. The Kier molecular flexibility index (Phi) is 8.82. The Labute approximate surface area is 179 Å².